The summed E-state index contributed by atoms with van der Waals surface area (Å²) < 4.78 is 10.8. The smallest absolute Gasteiger partial charge is 0.290 e. The number of carbonyl (C=O) groups is 2. The minimum Gasteiger partial charge on any atom is -0.493 e. The predicted molar refractivity (Wildman–Crippen MR) is 108 cm³/mol. The standard InChI is InChI=1S/C18H20N6O3.CH2O2/c1-19-18(25)16-11-8-24(5-4-12(11)22-23-16)17-10-6-14(26-2)15(27-3)7-13(10)20-9-21-17;2-1-3/h6-7,9H,4-5,8H2,1-3H3,(H,19,25)(H,22,23);1H,(H,2,3). The van der Waals surface area contributed by atoms with Gasteiger partial charge in [-0.3, -0.25) is 14.7 Å². The number of amides is 1. The van der Waals surface area contributed by atoms with E-state index in [1.165, 1.54) is 6.33 Å². The number of aromatic nitrogens is 4. The van der Waals surface area contributed by atoms with Crippen LogP contribution in [0.1, 0.15) is 21.7 Å². The normalized spacial score (nSPS) is 12.4. The van der Waals surface area contributed by atoms with Crippen LogP contribution in [0.4, 0.5) is 5.82 Å². The van der Waals surface area contributed by atoms with Crippen LogP contribution in [-0.4, -0.2) is 65.5 Å². The van der Waals surface area contributed by atoms with Gasteiger partial charge in [0.25, 0.3) is 12.4 Å². The maximum absolute atomic E-state index is 12.1. The zero-order chi connectivity index (χ0) is 21.7. The fourth-order valence-electron chi connectivity index (χ4n) is 3.40. The number of hydrogen-bond donors (Lipinski definition) is 3. The van der Waals surface area contributed by atoms with E-state index >= 15 is 0 Å². The van der Waals surface area contributed by atoms with E-state index in [4.69, 9.17) is 19.4 Å². The van der Waals surface area contributed by atoms with Crippen molar-refractivity contribution >= 4 is 29.1 Å². The van der Waals surface area contributed by atoms with E-state index in [1.807, 2.05) is 12.1 Å². The second kappa shape index (κ2) is 9.07. The van der Waals surface area contributed by atoms with Gasteiger partial charge < -0.3 is 24.8 Å². The average molecular weight is 414 g/mol. The van der Waals surface area contributed by atoms with Gasteiger partial charge >= 0.3 is 0 Å². The van der Waals surface area contributed by atoms with Crippen LogP contribution in [0.25, 0.3) is 10.9 Å². The summed E-state index contributed by atoms with van der Waals surface area (Å²) >= 11 is 0. The Morgan fingerprint density at radius 3 is 2.63 bits per heavy atom. The molecular formula is C19H22N6O5. The summed E-state index contributed by atoms with van der Waals surface area (Å²) in [5.41, 5.74) is 3.08. The summed E-state index contributed by atoms with van der Waals surface area (Å²) in [6.45, 7) is 1.04. The molecule has 1 aromatic carbocycles. The zero-order valence-electron chi connectivity index (χ0n) is 16.8. The molecule has 1 aliphatic heterocycles. The molecule has 3 aromatic rings. The Kier molecular flexibility index (Phi) is 6.30. The maximum Gasteiger partial charge on any atom is 0.290 e. The van der Waals surface area contributed by atoms with Crippen molar-refractivity contribution in [3.05, 3.63) is 35.4 Å². The highest BCUT2D eigenvalue weighted by molar-refractivity contribution is 5.95. The minimum absolute atomic E-state index is 0.201. The number of carboxylic acid groups (broad SMARTS) is 1. The number of nitrogens with zero attached hydrogens (tertiary/aromatic N) is 4. The van der Waals surface area contributed by atoms with Crippen LogP contribution in [0.15, 0.2) is 18.5 Å². The molecule has 3 heterocycles. The molecule has 0 aliphatic carbocycles. The summed E-state index contributed by atoms with van der Waals surface area (Å²) in [6, 6.07) is 3.72. The van der Waals surface area contributed by atoms with Crippen molar-refractivity contribution in [2.75, 3.05) is 32.7 Å². The number of fused-ring (bicyclic) bond motifs is 2. The SMILES string of the molecule is CNC(=O)c1n[nH]c2c1CN(c1ncnc3cc(OC)c(OC)cc13)CC2.O=CO. The van der Waals surface area contributed by atoms with Crippen molar-refractivity contribution in [2.45, 2.75) is 13.0 Å². The van der Waals surface area contributed by atoms with E-state index in [0.29, 0.717) is 23.7 Å². The molecule has 1 amide bonds. The van der Waals surface area contributed by atoms with Crippen molar-refractivity contribution in [1.82, 2.24) is 25.5 Å². The number of ether oxygens (including phenoxy) is 2. The molecule has 0 atom stereocenters. The average Bonchev–Trinajstić information content (AvgIpc) is 3.20. The largest absolute Gasteiger partial charge is 0.493 e. The first kappa shape index (κ1) is 20.8. The molecule has 11 nitrogen and oxygen atoms in total. The second-order valence-corrected chi connectivity index (χ2v) is 6.31. The van der Waals surface area contributed by atoms with Gasteiger partial charge in [0.05, 0.1) is 19.7 Å². The van der Waals surface area contributed by atoms with E-state index in [9.17, 15) is 4.79 Å². The Morgan fingerprint density at radius 1 is 1.27 bits per heavy atom. The Bertz CT molecular complexity index is 1070. The van der Waals surface area contributed by atoms with Crippen LogP contribution in [0.3, 0.4) is 0 Å². The van der Waals surface area contributed by atoms with Crippen molar-refractivity contribution in [3.8, 4) is 11.5 Å². The number of H-pyrrole nitrogens is 1. The number of benzene rings is 1. The Labute approximate surface area is 172 Å². The molecule has 0 bridgehead atoms. The molecule has 158 valence electrons. The number of carbonyl (C=O) groups excluding carboxylic acids is 1. The Morgan fingerprint density at radius 2 is 1.97 bits per heavy atom. The molecule has 0 saturated heterocycles. The first-order chi connectivity index (χ1) is 14.6. The van der Waals surface area contributed by atoms with E-state index < -0.39 is 0 Å². The van der Waals surface area contributed by atoms with Crippen LogP contribution in [0.2, 0.25) is 0 Å². The zero-order valence-corrected chi connectivity index (χ0v) is 16.8. The highest BCUT2D eigenvalue weighted by Gasteiger charge is 2.27. The van der Waals surface area contributed by atoms with E-state index in [-0.39, 0.29) is 12.4 Å². The third kappa shape index (κ3) is 3.81. The monoisotopic (exact) mass is 414 g/mol. The third-order valence-electron chi connectivity index (χ3n) is 4.79. The van der Waals surface area contributed by atoms with Crippen LogP contribution in [0, 0.1) is 0 Å². The highest BCUT2D eigenvalue weighted by atomic mass is 16.5. The molecule has 2 aromatic heterocycles. The van der Waals surface area contributed by atoms with Crippen molar-refractivity contribution in [2.24, 2.45) is 0 Å². The van der Waals surface area contributed by atoms with E-state index in [0.717, 1.165) is 40.9 Å². The van der Waals surface area contributed by atoms with Gasteiger partial charge in [0.15, 0.2) is 17.2 Å². The summed E-state index contributed by atoms with van der Waals surface area (Å²) in [6.07, 6.45) is 2.28. The molecule has 4 rings (SSSR count). The number of methoxy groups -OCH3 is 2. The molecule has 0 unspecified atom stereocenters. The van der Waals surface area contributed by atoms with Gasteiger partial charge in [0, 0.05) is 49.3 Å². The number of rotatable bonds is 4. The van der Waals surface area contributed by atoms with Gasteiger partial charge in [0.1, 0.15) is 12.1 Å². The minimum atomic E-state index is -0.250. The van der Waals surface area contributed by atoms with Crippen LogP contribution in [0.5, 0.6) is 11.5 Å². The Hall–Kier alpha value is -3.89. The molecule has 30 heavy (non-hydrogen) atoms. The first-order valence-electron chi connectivity index (χ1n) is 9.05. The van der Waals surface area contributed by atoms with Gasteiger partial charge in [-0.15, -0.1) is 0 Å². The fraction of sp³-hybridized carbons (Fsp3) is 0.316. The lowest BCUT2D eigenvalue weighted by molar-refractivity contribution is -0.122. The Balaban J connectivity index is 0.000000806. The van der Waals surface area contributed by atoms with Gasteiger partial charge in [0.2, 0.25) is 0 Å². The molecule has 3 N–H and O–H groups in total. The second-order valence-electron chi connectivity index (χ2n) is 6.31. The van der Waals surface area contributed by atoms with Crippen molar-refractivity contribution in [3.63, 3.8) is 0 Å². The molecule has 0 spiro atoms. The lowest BCUT2D eigenvalue weighted by atomic mass is 10.0. The molecular weight excluding hydrogens is 392 g/mol. The summed E-state index contributed by atoms with van der Waals surface area (Å²) in [5, 5.41) is 17.5. The molecule has 0 saturated carbocycles. The van der Waals surface area contributed by atoms with Crippen molar-refractivity contribution < 1.29 is 24.2 Å². The predicted octanol–water partition coefficient (Wildman–Crippen LogP) is 0.993. The van der Waals surface area contributed by atoms with Crippen LogP contribution < -0.4 is 19.7 Å². The quantitative estimate of drug-likeness (QED) is 0.533. The first-order valence-corrected chi connectivity index (χ1v) is 9.05. The lowest BCUT2D eigenvalue weighted by Crippen LogP contribution is -2.32. The molecule has 0 fully saturated rings. The third-order valence-corrected chi connectivity index (χ3v) is 4.79. The van der Waals surface area contributed by atoms with Gasteiger partial charge in [-0.2, -0.15) is 5.10 Å². The molecule has 11 heteroatoms. The number of hydrogen-bond acceptors (Lipinski definition) is 8. The molecule has 0 radical (unpaired) electrons. The van der Waals surface area contributed by atoms with Crippen LogP contribution >= 0.6 is 0 Å². The van der Waals surface area contributed by atoms with E-state index in [1.54, 1.807) is 21.3 Å². The van der Waals surface area contributed by atoms with Crippen molar-refractivity contribution in [1.29, 1.82) is 0 Å². The maximum atomic E-state index is 12.1. The summed E-state index contributed by atoms with van der Waals surface area (Å²) in [7, 11) is 4.79. The number of aromatic amines is 1. The van der Waals surface area contributed by atoms with Gasteiger partial charge in [-0.05, 0) is 6.07 Å². The molecule has 1 aliphatic rings. The highest BCUT2D eigenvalue weighted by Crippen LogP contribution is 2.36. The van der Waals surface area contributed by atoms with Crippen LogP contribution in [-0.2, 0) is 17.8 Å². The van der Waals surface area contributed by atoms with Gasteiger partial charge in [-0.1, -0.05) is 0 Å². The van der Waals surface area contributed by atoms with E-state index in [2.05, 4.69) is 30.4 Å². The number of nitrogens with one attached hydrogen (secondary N) is 2. The topological polar surface area (TPSA) is 143 Å². The summed E-state index contributed by atoms with van der Waals surface area (Å²) in [5.74, 6) is 1.82. The fourth-order valence-corrected chi connectivity index (χ4v) is 3.40. The number of anilines is 1. The summed E-state index contributed by atoms with van der Waals surface area (Å²) in [4.78, 5) is 31.4. The van der Waals surface area contributed by atoms with Gasteiger partial charge in [-0.25, -0.2) is 9.97 Å². The lowest BCUT2D eigenvalue weighted by Gasteiger charge is -2.29.